The molecule has 1 aliphatic rings. The Morgan fingerprint density at radius 3 is 2.44 bits per heavy atom. The predicted octanol–water partition coefficient (Wildman–Crippen LogP) is 0.215. The van der Waals surface area contributed by atoms with Gasteiger partial charge in [0.25, 0.3) is 0 Å². The molecule has 0 saturated carbocycles. The predicted molar refractivity (Wildman–Crippen MR) is 90.7 cm³/mol. The average molecular weight is 347 g/mol. The average Bonchev–Trinajstić information content (AvgIpc) is 2.86. The molecule has 8 heteroatoms. The van der Waals surface area contributed by atoms with E-state index in [9.17, 15) is 15.0 Å². The van der Waals surface area contributed by atoms with E-state index in [1.165, 1.54) is 6.20 Å². The zero-order chi connectivity index (χ0) is 18.1. The lowest BCUT2D eigenvalue weighted by Gasteiger charge is -2.18. The van der Waals surface area contributed by atoms with Gasteiger partial charge in [0.15, 0.2) is 6.23 Å². The summed E-state index contributed by atoms with van der Waals surface area (Å²) in [5, 5.41) is 32.1. The zero-order valence-electron chi connectivity index (χ0n) is 14.0. The quantitative estimate of drug-likeness (QED) is 0.625. The number of aryl methyl sites for hydroxylation is 2. The molecule has 1 fully saturated rings. The zero-order valence-corrected chi connectivity index (χ0v) is 14.0. The smallest absolute Gasteiger partial charge is 0.351 e. The number of nitrogens with one attached hydrogen (secondary N) is 1. The Labute approximate surface area is 144 Å². The standard InChI is InChI=1S/C17H21N3O5/c1-9-4-3-5-10(2)13(9)18-12-6-7-20(17(24)19-12)16-15(23)14(22)11(8-21)25-16/h3-7,11,14-16,21-23H,8H2,1-2H3,(H,18,19,24)/t11-,14-,15+,16-/m1/s1. The number of rotatable bonds is 4. The third-order valence-electron chi connectivity index (χ3n) is 4.36. The number of ether oxygens (including phenoxy) is 1. The Hall–Kier alpha value is -2.26. The van der Waals surface area contributed by atoms with E-state index < -0.39 is 36.8 Å². The molecule has 0 bridgehead atoms. The normalized spacial score (nSPS) is 26.0. The SMILES string of the molecule is Cc1cccc(C)c1Nc1ccn([C@@H]2O[C@H](CO)[C@@H](O)[C@@H]2O)c(=O)n1. The van der Waals surface area contributed by atoms with Crippen LogP contribution in [0.4, 0.5) is 11.5 Å². The molecule has 4 atom stereocenters. The first-order valence-electron chi connectivity index (χ1n) is 7.97. The van der Waals surface area contributed by atoms with E-state index in [4.69, 9.17) is 9.84 Å². The maximum absolute atomic E-state index is 12.3. The van der Waals surface area contributed by atoms with Crippen molar-refractivity contribution in [3.8, 4) is 0 Å². The first kappa shape index (κ1) is 17.6. The van der Waals surface area contributed by atoms with Crippen LogP contribution in [-0.4, -0.2) is 49.8 Å². The van der Waals surface area contributed by atoms with Crippen LogP contribution < -0.4 is 11.0 Å². The summed E-state index contributed by atoms with van der Waals surface area (Å²) in [5.74, 6) is 0.366. The highest BCUT2D eigenvalue weighted by Crippen LogP contribution is 2.28. The van der Waals surface area contributed by atoms with Crippen molar-refractivity contribution in [2.75, 3.05) is 11.9 Å². The second kappa shape index (κ2) is 6.93. The molecule has 134 valence electrons. The Kier molecular flexibility index (Phi) is 4.87. The van der Waals surface area contributed by atoms with Gasteiger partial charge in [0.1, 0.15) is 24.1 Å². The highest BCUT2D eigenvalue weighted by atomic mass is 16.6. The summed E-state index contributed by atoms with van der Waals surface area (Å²) in [7, 11) is 0. The number of aliphatic hydroxyl groups excluding tert-OH is 3. The molecule has 25 heavy (non-hydrogen) atoms. The number of hydrogen-bond acceptors (Lipinski definition) is 7. The minimum atomic E-state index is -1.32. The molecule has 0 aliphatic carbocycles. The van der Waals surface area contributed by atoms with Crippen molar-refractivity contribution in [2.45, 2.75) is 38.4 Å². The fourth-order valence-corrected chi connectivity index (χ4v) is 2.93. The molecule has 8 nitrogen and oxygen atoms in total. The van der Waals surface area contributed by atoms with Crippen LogP contribution >= 0.6 is 0 Å². The van der Waals surface area contributed by atoms with Gasteiger partial charge < -0.3 is 25.4 Å². The molecule has 2 aromatic rings. The number of anilines is 2. The molecule has 2 heterocycles. The van der Waals surface area contributed by atoms with Gasteiger partial charge in [-0.1, -0.05) is 18.2 Å². The van der Waals surface area contributed by atoms with Crippen LogP contribution in [0, 0.1) is 13.8 Å². The Morgan fingerprint density at radius 2 is 1.88 bits per heavy atom. The van der Waals surface area contributed by atoms with Crippen molar-refractivity contribution in [2.24, 2.45) is 0 Å². The number of hydrogen-bond donors (Lipinski definition) is 4. The third kappa shape index (κ3) is 3.29. The maximum atomic E-state index is 12.3. The number of benzene rings is 1. The minimum Gasteiger partial charge on any atom is -0.394 e. The second-order valence-corrected chi connectivity index (χ2v) is 6.12. The summed E-state index contributed by atoms with van der Waals surface area (Å²) >= 11 is 0. The summed E-state index contributed by atoms with van der Waals surface area (Å²) < 4.78 is 6.45. The van der Waals surface area contributed by atoms with Gasteiger partial charge in [-0.2, -0.15) is 4.98 Å². The summed E-state index contributed by atoms with van der Waals surface area (Å²) in [5.41, 5.74) is 2.29. The van der Waals surface area contributed by atoms with Crippen LogP contribution in [0.15, 0.2) is 35.3 Å². The van der Waals surface area contributed by atoms with Crippen molar-refractivity contribution in [1.82, 2.24) is 9.55 Å². The van der Waals surface area contributed by atoms with Gasteiger partial charge in [0.05, 0.1) is 6.61 Å². The molecule has 0 unspecified atom stereocenters. The Bertz CT molecular complexity index is 802. The van der Waals surface area contributed by atoms with Gasteiger partial charge in [-0.25, -0.2) is 4.79 Å². The second-order valence-electron chi connectivity index (χ2n) is 6.12. The van der Waals surface area contributed by atoms with E-state index in [1.807, 2.05) is 32.0 Å². The molecule has 0 amide bonds. The lowest BCUT2D eigenvalue weighted by molar-refractivity contribution is -0.0549. The van der Waals surface area contributed by atoms with Gasteiger partial charge in [-0.3, -0.25) is 4.57 Å². The molecular formula is C17H21N3O5. The monoisotopic (exact) mass is 347 g/mol. The van der Waals surface area contributed by atoms with E-state index in [1.54, 1.807) is 6.07 Å². The number of aromatic nitrogens is 2. The highest BCUT2D eigenvalue weighted by molar-refractivity contribution is 5.64. The fourth-order valence-electron chi connectivity index (χ4n) is 2.93. The fraction of sp³-hybridized carbons (Fsp3) is 0.412. The number of para-hydroxylation sites is 1. The van der Waals surface area contributed by atoms with E-state index in [-0.39, 0.29) is 0 Å². The first-order valence-corrected chi connectivity index (χ1v) is 7.97. The molecule has 0 spiro atoms. The Morgan fingerprint density at radius 1 is 1.20 bits per heavy atom. The lowest BCUT2D eigenvalue weighted by Crippen LogP contribution is -2.36. The minimum absolute atomic E-state index is 0.366. The molecule has 1 aliphatic heterocycles. The van der Waals surface area contributed by atoms with E-state index in [2.05, 4.69) is 10.3 Å². The topological polar surface area (TPSA) is 117 Å². The highest BCUT2D eigenvalue weighted by Gasteiger charge is 2.43. The lowest BCUT2D eigenvalue weighted by atomic mass is 10.1. The van der Waals surface area contributed by atoms with E-state index in [0.29, 0.717) is 5.82 Å². The van der Waals surface area contributed by atoms with Gasteiger partial charge in [-0.05, 0) is 31.0 Å². The van der Waals surface area contributed by atoms with Crippen LogP contribution in [0.5, 0.6) is 0 Å². The maximum Gasteiger partial charge on any atom is 0.351 e. The summed E-state index contributed by atoms with van der Waals surface area (Å²) in [6, 6.07) is 7.44. The van der Waals surface area contributed by atoms with Gasteiger partial charge in [0, 0.05) is 11.9 Å². The summed E-state index contributed by atoms with van der Waals surface area (Å²) in [4.78, 5) is 16.3. The Balaban J connectivity index is 1.86. The van der Waals surface area contributed by atoms with Crippen molar-refractivity contribution in [3.05, 3.63) is 52.1 Å². The molecule has 1 aromatic heterocycles. The van der Waals surface area contributed by atoms with Crippen LogP contribution in [-0.2, 0) is 4.74 Å². The molecular weight excluding hydrogens is 326 g/mol. The van der Waals surface area contributed by atoms with Gasteiger partial charge in [-0.15, -0.1) is 0 Å². The van der Waals surface area contributed by atoms with Crippen molar-refractivity contribution in [1.29, 1.82) is 0 Å². The largest absolute Gasteiger partial charge is 0.394 e. The molecule has 4 N–H and O–H groups in total. The molecule has 1 aromatic carbocycles. The molecule has 1 saturated heterocycles. The van der Waals surface area contributed by atoms with Crippen LogP contribution in [0.2, 0.25) is 0 Å². The van der Waals surface area contributed by atoms with Crippen LogP contribution in [0.25, 0.3) is 0 Å². The van der Waals surface area contributed by atoms with Crippen molar-refractivity contribution < 1.29 is 20.1 Å². The van der Waals surface area contributed by atoms with E-state index in [0.717, 1.165) is 21.4 Å². The number of nitrogens with zero attached hydrogens (tertiary/aromatic N) is 2. The third-order valence-corrected chi connectivity index (χ3v) is 4.36. The summed E-state index contributed by atoms with van der Waals surface area (Å²) in [6.07, 6.45) is -3.20. The first-order chi connectivity index (χ1) is 11.9. The van der Waals surface area contributed by atoms with E-state index >= 15 is 0 Å². The summed E-state index contributed by atoms with van der Waals surface area (Å²) in [6.45, 7) is 3.45. The van der Waals surface area contributed by atoms with Crippen molar-refractivity contribution >= 4 is 11.5 Å². The van der Waals surface area contributed by atoms with Crippen LogP contribution in [0.3, 0.4) is 0 Å². The van der Waals surface area contributed by atoms with Gasteiger partial charge in [0.2, 0.25) is 0 Å². The molecule has 3 rings (SSSR count). The molecule has 0 radical (unpaired) electrons. The van der Waals surface area contributed by atoms with Gasteiger partial charge >= 0.3 is 5.69 Å². The number of aliphatic hydroxyl groups is 3. The van der Waals surface area contributed by atoms with Crippen LogP contribution in [0.1, 0.15) is 17.4 Å². The van der Waals surface area contributed by atoms with Crippen molar-refractivity contribution in [3.63, 3.8) is 0 Å².